The van der Waals surface area contributed by atoms with Crippen molar-refractivity contribution in [2.24, 2.45) is 0 Å². The first-order valence-corrected chi connectivity index (χ1v) is 28.4. The van der Waals surface area contributed by atoms with Gasteiger partial charge >= 0.3 is 0 Å². The summed E-state index contributed by atoms with van der Waals surface area (Å²) in [7, 11) is -3.08. The molecule has 0 atom stereocenters. The van der Waals surface area contributed by atoms with Gasteiger partial charge in [-0.2, -0.15) is 15.0 Å². The molecule has 360 valence electrons. The molecule has 3 heterocycles. The van der Waals surface area contributed by atoms with E-state index in [1.807, 2.05) is 0 Å². The number of benzene rings is 8. The molecule has 0 N–H and O–H groups in total. The molecular formula is C67H63N5Si. The van der Waals surface area contributed by atoms with Crippen molar-refractivity contribution in [3.8, 4) is 23.3 Å². The molecule has 13 rings (SSSR count). The van der Waals surface area contributed by atoms with Gasteiger partial charge in [-0.15, -0.1) is 0 Å². The maximum absolute atomic E-state index is 5.81. The number of fused-ring (bicyclic) bond motifs is 8. The highest BCUT2D eigenvalue weighted by molar-refractivity contribution is 7.20. The maximum Gasteiger partial charge on any atom is 0.240 e. The molecule has 11 aromatic rings. The molecule has 0 radical (unpaired) electrons. The van der Waals surface area contributed by atoms with E-state index in [1.54, 1.807) is 0 Å². The minimum atomic E-state index is -3.08. The minimum absolute atomic E-state index is 0.000580. The fourth-order valence-corrected chi connectivity index (χ4v) is 18.2. The highest BCUT2D eigenvalue weighted by Gasteiger charge is 2.44. The number of aromatic nitrogens is 5. The second kappa shape index (κ2) is 16.3. The zero-order valence-electron chi connectivity index (χ0n) is 43.5. The van der Waals surface area contributed by atoms with Gasteiger partial charge in [-0.1, -0.05) is 207 Å². The second-order valence-corrected chi connectivity index (χ2v) is 27.5. The second-order valence-electron chi connectivity index (χ2n) is 23.7. The highest BCUT2D eigenvalue weighted by atomic mass is 28.3. The summed E-state index contributed by atoms with van der Waals surface area (Å²) in [4.78, 5) is 17.4. The first kappa shape index (κ1) is 45.4. The molecule has 0 aliphatic heterocycles. The third kappa shape index (κ3) is 6.89. The predicted molar refractivity (Wildman–Crippen MR) is 308 cm³/mol. The molecule has 0 bridgehead atoms. The van der Waals surface area contributed by atoms with Crippen LogP contribution in [0.4, 0.5) is 0 Å². The summed E-state index contributed by atoms with van der Waals surface area (Å²) in [6, 6.07) is 70.2. The van der Waals surface area contributed by atoms with Crippen molar-refractivity contribution >= 4 is 72.4 Å². The van der Waals surface area contributed by atoms with Crippen LogP contribution in [0.15, 0.2) is 188 Å². The van der Waals surface area contributed by atoms with Crippen molar-refractivity contribution in [2.75, 3.05) is 0 Å². The van der Waals surface area contributed by atoms with Crippen molar-refractivity contribution < 1.29 is 0 Å². The van der Waals surface area contributed by atoms with Crippen LogP contribution in [0.1, 0.15) is 103 Å². The number of hydrogen-bond acceptors (Lipinski definition) is 3. The molecule has 0 fully saturated rings. The maximum atomic E-state index is 5.81. The van der Waals surface area contributed by atoms with Crippen molar-refractivity contribution in [2.45, 2.75) is 103 Å². The van der Waals surface area contributed by atoms with Crippen LogP contribution in [0.2, 0.25) is 0 Å². The Balaban J connectivity index is 1.18. The summed E-state index contributed by atoms with van der Waals surface area (Å²) in [5.41, 5.74) is 11.2. The molecule has 2 aliphatic carbocycles. The van der Waals surface area contributed by atoms with Crippen LogP contribution in [0, 0.1) is 0 Å². The minimum Gasteiger partial charge on any atom is -0.278 e. The fraction of sp³-hybridized carbons (Fsp3) is 0.239. The highest BCUT2D eigenvalue weighted by Crippen LogP contribution is 2.50. The summed E-state index contributed by atoms with van der Waals surface area (Å²) in [5, 5.41) is 9.95. The van der Waals surface area contributed by atoms with E-state index >= 15 is 0 Å². The Bertz CT molecular complexity index is 3700. The molecule has 73 heavy (non-hydrogen) atoms. The lowest BCUT2D eigenvalue weighted by molar-refractivity contribution is 0.332. The Morgan fingerprint density at radius 3 is 1.10 bits per heavy atom. The lowest BCUT2D eigenvalue weighted by atomic mass is 9.63. The predicted octanol–water partition coefficient (Wildman–Crippen LogP) is 13.8. The van der Waals surface area contributed by atoms with Crippen molar-refractivity contribution in [3.63, 3.8) is 0 Å². The van der Waals surface area contributed by atoms with Crippen LogP contribution in [-0.4, -0.2) is 32.2 Å². The van der Waals surface area contributed by atoms with Crippen LogP contribution in [0.5, 0.6) is 0 Å². The van der Waals surface area contributed by atoms with E-state index in [1.165, 1.54) is 64.5 Å². The van der Waals surface area contributed by atoms with Crippen LogP contribution in [0.25, 0.3) is 66.9 Å². The standard InChI is InChI=1S/C67H63N5Si/c1-64(2)36-38-66(5,6)54-42-58-50(40-52(54)64)47-30-18-21-33-56(47)71(58)62-68-61(49-32-20-23-35-60(49)73(44-24-12-9-13-25-44,45-26-14-10-15-27-45)46-28-16-11-17-29-46)69-63(70-62)72-57-34-22-19-31-48(57)51-41-53-55(43-59(51)72)67(7,8)39-37-65(53,3)4/h9-35,40-43H,36-39H2,1-8H3. The van der Waals surface area contributed by atoms with Gasteiger partial charge in [0.25, 0.3) is 0 Å². The summed E-state index contributed by atoms with van der Waals surface area (Å²) in [5.74, 6) is 1.85. The van der Waals surface area contributed by atoms with E-state index in [4.69, 9.17) is 15.0 Å². The van der Waals surface area contributed by atoms with E-state index in [0.717, 1.165) is 53.3 Å². The summed E-state index contributed by atoms with van der Waals surface area (Å²) < 4.78 is 4.69. The number of para-hydroxylation sites is 2. The SMILES string of the molecule is CC1(C)CCC(C)(C)c2cc3c(cc21)c1ccccc1n3-c1nc(-c2ccccc2[Si](c2ccccc2)(c2ccccc2)c2ccccc2)nc(-n2c3ccccc3c3cc4c(cc32)C(C)(C)CCC4(C)C)n1. The first-order chi connectivity index (χ1) is 35.2. The van der Waals surface area contributed by atoms with Gasteiger partial charge in [0.1, 0.15) is 0 Å². The van der Waals surface area contributed by atoms with E-state index in [9.17, 15) is 0 Å². The van der Waals surface area contributed by atoms with E-state index in [0.29, 0.717) is 17.7 Å². The van der Waals surface area contributed by atoms with Gasteiger partial charge in [0.2, 0.25) is 11.9 Å². The fourth-order valence-electron chi connectivity index (χ4n) is 13.2. The van der Waals surface area contributed by atoms with Crippen LogP contribution >= 0.6 is 0 Å². The Morgan fingerprint density at radius 2 is 0.685 bits per heavy atom. The molecular weight excluding hydrogens is 903 g/mol. The number of hydrogen-bond donors (Lipinski definition) is 0. The monoisotopic (exact) mass is 965 g/mol. The quantitative estimate of drug-likeness (QED) is 0.118. The molecule has 2 aliphatic rings. The van der Waals surface area contributed by atoms with Gasteiger partial charge in [0.15, 0.2) is 13.9 Å². The Morgan fingerprint density at radius 1 is 0.342 bits per heavy atom. The zero-order chi connectivity index (χ0) is 50.1. The number of rotatable bonds is 7. The molecule has 0 amide bonds. The Kier molecular flexibility index (Phi) is 10.1. The Labute approximate surface area is 430 Å². The lowest BCUT2D eigenvalue weighted by Gasteiger charge is -2.42. The van der Waals surface area contributed by atoms with Crippen LogP contribution < -0.4 is 20.7 Å². The smallest absolute Gasteiger partial charge is 0.240 e. The van der Waals surface area contributed by atoms with Gasteiger partial charge in [-0.3, -0.25) is 9.13 Å². The largest absolute Gasteiger partial charge is 0.278 e. The zero-order valence-corrected chi connectivity index (χ0v) is 44.5. The van der Waals surface area contributed by atoms with Crippen molar-refractivity contribution in [1.82, 2.24) is 24.1 Å². The van der Waals surface area contributed by atoms with Crippen LogP contribution in [-0.2, 0) is 21.7 Å². The molecule has 8 aromatic carbocycles. The number of nitrogens with zero attached hydrogens (tertiary/aromatic N) is 5. The Hall–Kier alpha value is -7.41. The molecule has 0 saturated carbocycles. The molecule has 0 spiro atoms. The van der Waals surface area contributed by atoms with Crippen molar-refractivity contribution in [1.29, 1.82) is 0 Å². The summed E-state index contributed by atoms with van der Waals surface area (Å²) >= 11 is 0. The molecule has 5 nitrogen and oxygen atoms in total. The third-order valence-corrected chi connectivity index (χ3v) is 22.3. The normalized spacial score (nSPS) is 16.7. The van der Waals surface area contributed by atoms with Gasteiger partial charge < -0.3 is 0 Å². The van der Waals surface area contributed by atoms with Gasteiger partial charge in [-0.25, -0.2) is 0 Å². The van der Waals surface area contributed by atoms with E-state index in [-0.39, 0.29) is 21.7 Å². The molecule has 0 saturated heterocycles. The lowest BCUT2D eigenvalue weighted by Crippen LogP contribution is -2.75. The van der Waals surface area contributed by atoms with Crippen molar-refractivity contribution in [3.05, 3.63) is 210 Å². The van der Waals surface area contributed by atoms with Gasteiger partial charge in [0, 0.05) is 27.1 Å². The van der Waals surface area contributed by atoms with E-state index < -0.39 is 8.07 Å². The van der Waals surface area contributed by atoms with Crippen LogP contribution in [0.3, 0.4) is 0 Å². The summed E-state index contributed by atoms with van der Waals surface area (Å²) in [6.45, 7) is 19.4. The summed E-state index contributed by atoms with van der Waals surface area (Å²) in [6.07, 6.45) is 4.54. The average molecular weight is 966 g/mol. The van der Waals surface area contributed by atoms with Gasteiger partial charge in [0.05, 0.1) is 22.1 Å². The molecule has 0 unspecified atom stereocenters. The average Bonchev–Trinajstić information content (AvgIpc) is 3.92. The molecule has 3 aromatic heterocycles. The molecule has 6 heteroatoms. The first-order valence-electron chi connectivity index (χ1n) is 26.4. The van der Waals surface area contributed by atoms with Gasteiger partial charge in [-0.05, 0) is 127 Å². The third-order valence-electron chi connectivity index (χ3n) is 17.5. The van der Waals surface area contributed by atoms with E-state index in [2.05, 4.69) is 253 Å². The topological polar surface area (TPSA) is 48.5 Å².